The summed E-state index contributed by atoms with van der Waals surface area (Å²) in [5, 5.41) is 3.98. The molecular weight excluding hydrogens is 272 g/mol. The van der Waals surface area contributed by atoms with Gasteiger partial charge in [-0.15, -0.1) is 11.3 Å². The third kappa shape index (κ3) is 2.51. The molecule has 1 unspecified atom stereocenters. The van der Waals surface area contributed by atoms with Gasteiger partial charge in [0.2, 0.25) is 0 Å². The highest BCUT2D eigenvalue weighted by Gasteiger charge is 2.21. The topological polar surface area (TPSA) is 64.4 Å². The number of nitrogens with two attached hydrogens (primary N) is 1. The van der Waals surface area contributed by atoms with E-state index in [-0.39, 0.29) is 11.9 Å². The minimum absolute atomic E-state index is 0.0862. The van der Waals surface area contributed by atoms with Crippen molar-refractivity contribution in [3.05, 3.63) is 28.6 Å². The number of nitrogens with one attached hydrogen (secondary N) is 1. The molecule has 106 valence electrons. The highest BCUT2D eigenvalue weighted by atomic mass is 32.1. The molecule has 2 aromatic rings. The molecule has 0 spiro atoms. The zero-order valence-corrected chi connectivity index (χ0v) is 12.3. The molecule has 3 rings (SSSR count). The first-order valence-corrected chi connectivity index (χ1v) is 7.64. The summed E-state index contributed by atoms with van der Waals surface area (Å²) >= 11 is 1.46. The minimum atomic E-state index is -0.0862. The van der Waals surface area contributed by atoms with E-state index in [0.717, 1.165) is 29.5 Å². The maximum atomic E-state index is 12.4. The summed E-state index contributed by atoms with van der Waals surface area (Å²) in [5.74, 6) is -0.0862. The number of anilines is 1. The maximum absolute atomic E-state index is 12.4. The second kappa shape index (κ2) is 5.42. The summed E-state index contributed by atoms with van der Waals surface area (Å²) in [4.78, 5) is 13.0. The highest BCUT2D eigenvalue weighted by Crippen LogP contribution is 2.34. The third-order valence-electron chi connectivity index (χ3n) is 3.59. The lowest BCUT2D eigenvalue weighted by Gasteiger charge is -2.22. The smallest absolute Gasteiger partial charge is 0.263 e. The fraction of sp³-hybridized carbons (Fsp3) is 0.400. The van der Waals surface area contributed by atoms with Crippen molar-refractivity contribution in [3.8, 4) is 0 Å². The predicted molar refractivity (Wildman–Crippen MR) is 82.3 cm³/mol. The summed E-state index contributed by atoms with van der Waals surface area (Å²) in [6, 6.07) is 6.17. The monoisotopic (exact) mass is 290 g/mol. The Labute approximate surface area is 121 Å². The van der Waals surface area contributed by atoms with E-state index in [9.17, 15) is 4.79 Å². The molecule has 1 saturated heterocycles. The molecule has 1 aliphatic rings. The van der Waals surface area contributed by atoms with Gasteiger partial charge in [0.05, 0.1) is 18.3 Å². The van der Waals surface area contributed by atoms with Gasteiger partial charge < -0.3 is 15.8 Å². The largest absolute Gasteiger partial charge is 0.397 e. The quantitative estimate of drug-likeness (QED) is 0.894. The molecule has 0 aliphatic carbocycles. The summed E-state index contributed by atoms with van der Waals surface area (Å²) in [7, 11) is 0. The molecule has 1 aliphatic heterocycles. The molecule has 5 heteroatoms. The number of fused-ring (bicyclic) bond motifs is 1. The number of carbonyl (C=O) groups is 1. The van der Waals surface area contributed by atoms with E-state index in [1.807, 2.05) is 19.1 Å². The van der Waals surface area contributed by atoms with Crippen LogP contribution in [-0.2, 0) is 4.74 Å². The molecule has 1 fully saturated rings. The van der Waals surface area contributed by atoms with Gasteiger partial charge in [-0.3, -0.25) is 4.79 Å². The summed E-state index contributed by atoms with van der Waals surface area (Å²) in [5.41, 5.74) is 7.87. The van der Waals surface area contributed by atoms with Crippen LogP contribution in [0.15, 0.2) is 18.2 Å². The maximum Gasteiger partial charge on any atom is 0.263 e. The number of amides is 1. The van der Waals surface area contributed by atoms with E-state index in [1.54, 1.807) is 0 Å². The molecular formula is C15H18N2O2S. The highest BCUT2D eigenvalue weighted by molar-refractivity contribution is 7.21. The Bertz CT molecular complexity index is 645. The predicted octanol–water partition coefficient (Wildman–Crippen LogP) is 2.70. The van der Waals surface area contributed by atoms with Crippen LogP contribution in [0.5, 0.6) is 0 Å². The van der Waals surface area contributed by atoms with E-state index in [4.69, 9.17) is 10.5 Å². The van der Waals surface area contributed by atoms with Crippen LogP contribution in [0.4, 0.5) is 5.69 Å². The average molecular weight is 290 g/mol. The molecule has 3 N–H and O–H groups in total. The molecule has 0 saturated carbocycles. The number of hydrogen-bond acceptors (Lipinski definition) is 4. The lowest BCUT2D eigenvalue weighted by atomic mass is 10.1. The van der Waals surface area contributed by atoms with Gasteiger partial charge in [0.25, 0.3) is 5.91 Å². The van der Waals surface area contributed by atoms with Crippen molar-refractivity contribution in [1.29, 1.82) is 0 Å². The first-order valence-electron chi connectivity index (χ1n) is 6.82. The van der Waals surface area contributed by atoms with Gasteiger partial charge in [0.1, 0.15) is 4.88 Å². The Balaban J connectivity index is 1.85. The number of nitrogen functional groups attached to an aromatic ring is 1. The summed E-state index contributed by atoms with van der Waals surface area (Å²) < 4.78 is 6.44. The molecule has 0 bridgehead atoms. The molecule has 4 nitrogen and oxygen atoms in total. The summed E-state index contributed by atoms with van der Waals surface area (Å²) in [6.07, 6.45) is 1.96. The Morgan fingerprint density at radius 3 is 3.10 bits per heavy atom. The second-order valence-electron chi connectivity index (χ2n) is 5.23. The number of aryl methyl sites for hydroxylation is 1. The Kier molecular flexibility index (Phi) is 3.63. The molecule has 1 aromatic carbocycles. The SMILES string of the molecule is Cc1ccc2c(N)c(C(=O)NC3CCCOC3)sc2c1. The lowest BCUT2D eigenvalue weighted by Crippen LogP contribution is -2.40. The Morgan fingerprint density at radius 1 is 1.50 bits per heavy atom. The van der Waals surface area contributed by atoms with Crippen LogP contribution in [0.1, 0.15) is 28.1 Å². The fourth-order valence-electron chi connectivity index (χ4n) is 2.50. The van der Waals surface area contributed by atoms with Crippen LogP contribution in [0.2, 0.25) is 0 Å². The fourth-order valence-corrected chi connectivity index (χ4v) is 3.62. The first-order chi connectivity index (χ1) is 9.65. The van der Waals surface area contributed by atoms with Crippen molar-refractivity contribution in [2.24, 2.45) is 0 Å². The summed E-state index contributed by atoms with van der Waals surface area (Å²) in [6.45, 7) is 3.42. The average Bonchev–Trinajstić information content (AvgIpc) is 2.76. The standard InChI is InChI=1S/C15H18N2O2S/c1-9-4-5-11-12(7-9)20-14(13(11)16)15(18)17-10-3-2-6-19-8-10/h4-5,7,10H,2-3,6,8,16H2,1H3,(H,17,18). The van der Waals surface area contributed by atoms with Crippen LogP contribution < -0.4 is 11.1 Å². The van der Waals surface area contributed by atoms with Crippen LogP contribution in [0.3, 0.4) is 0 Å². The Morgan fingerprint density at radius 2 is 2.35 bits per heavy atom. The van der Waals surface area contributed by atoms with Crippen molar-refractivity contribution in [2.75, 3.05) is 18.9 Å². The van der Waals surface area contributed by atoms with Crippen molar-refractivity contribution in [1.82, 2.24) is 5.32 Å². The Hall–Kier alpha value is -1.59. The molecule has 1 amide bonds. The molecule has 2 heterocycles. The van der Waals surface area contributed by atoms with E-state index in [0.29, 0.717) is 17.2 Å². The normalized spacial score (nSPS) is 19.1. The van der Waals surface area contributed by atoms with Gasteiger partial charge in [-0.2, -0.15) is 0 Å². The minimum Gasteiger partial charge on any atom is -0.397 e. The zero-order valence-electron chi connectivity index (χ0n) is 11.4. The molecule has 1 atom stereocenters. The zero-order chi connectivity index (χ0) is 14.1. The van der Waals surface area contributed by atoms with Crippen LogP contribution in [-0.4, -0.2) is 25.2 Å². The lowest BCUT2D eigenvalue weighted by molar-refractivity contribution is 0.0626. The number of ether oxygens (including phenoxy) is 1. The van der Waals surface area contributed by atoms with Crippen LogP contribution >= 0.6 is 11.3 Å². The number of thiophene rings is 1. The molecule has 1 aromatic heterocycles. The van der Waals surface area contributed by atoms with Gasteiger partial charge in [0, 0.05) is 16.7 Å². The van der Waals surface area contributed by atoms with Crippen molar-refractivity contribution < 1.29 is 9.53 Å². The van der Waals surface area contributed by atoms with Gasteiger partial charge in [-0.25, -0.2) is 0 Å². The van der Waals surface area contributed by atoms with Crippen molar-refractivity contribution in [3.63, 3.8) is 0 Å². The van der Waals surface area contributed by atoms with Gasteiger partial charge in [-0.1, -0.05) is 12.1 Å². The van der Waals surface area contributed by atoms with E-state index >= 15 is 0 Å². The van der Waals surface area contributed by atoms with Gasteiger partial charge >= 0.3 is 0 Å². The second-order valence-corrected chi connectivity index (χ2v) is 6.28. The van der Waals surface area contributed by atoms with E-state index in [2.05, 4.69) is 11.4 Å². The van der Waals surface area contributed by atoms with Crippen molar-refractivity contribution >= 4 is 33.0 Å². The van der Waals surface area contributed by atoms with Gasteiger partial charge in [-0.05, 0) is 31.4 Å². The van der Waals surface area contributed by atoms with Crippen molar-refractivity contribution in [2.45, 2.75) is 25.8 Å². The number of hydrogen-bond donors (Lipinski definition) is 2. The first kappa shape index (κ1) is 13.4. The number of benzene rings is 1. The van der Waals surface area contributed by atoms with Gasteiger partial charge in [0.15, 0.2) is 0 Å². The van der Waals surface area contributed by atoms with Crippen LogP contribution in [0.25, 0.3) is 10.1 Å². The number of rotatable bonds is 2. The van der Waals surface area contributed by atoms with E-state index in [1.165, 1.54) is 16.9 Å². The molecule has 0 radical (unpaired) electrons. The molecule has 20 heavy (non-hydrogen) atoms. The van der Waals surface area contributed by atoms with Crippen LogP contribution in [0, 0.1) is 6.92 Å². The third-order valence-corrected chi connectivity index (χ3v) is 4.75. The van der Waals surface area contributed by atoms with E-state index < -0.39 is 0 Å². The number of carbonyl (C=O) groups excluding carboxylic acids is 1.